The van der Waals surface area contributed by atoms with Crippen LogP contribution in [0.2, 0.25) is 0 Å². The Morgan fingerprint density at radius 3 is 2.63 bits per heavy atom. The molecule has 1 aliphatic rings. The van der Waals surface area contributed by atoms with Gasteiger partial charge in [0.25, 0.3) is 0 Å². The number of nitrogens with one attached hydrogen (secondary N) is 2. The molecule has 4 nitrogen and oxygen atoms in total. The molecule has 0 aliphatic heterocycles. The van der Waals surface area contributed by atoms with Crippen molar-refractivity contribution in [2.45, 2.75) is 31.7 Å². The van der Waals surface area contributed by atoms with Gasteiger partial charge >= 0.3 is 0 Å². The van der Waals surface area contributed by atoms with Crippen LogP contribution in [0.3, 0.4) is 0 Å². The molecular weight excluding hydrogens is 260 g/mol. The zero-order chi connectivity index (χ0) is 13.7. The molecule has 106 valence electrons. The molecule has 1 aromatic carbocycles. The molecule has 0 saturated heterocycles. The van der Waals surface area contributed by atoms with Gasteiger partial charge in [0.05, 0.1) is 5.75 Å². The van der Waals surface area contributed by atoms with Gasteiger partial charge in [0.1, 0.15) is 0 Å². The van der Waals surface area contributed by atoms with Crippen molar-refractivity contribution in [1.29, 1.82) is 0 Å². The Morgan fingerprint density at radius 1 is 1.21 bits per heavy atom. The molecule has 0 aromatic heterocycles. The van der Waals surface area contributed by atoms with E-state index in [0.717, 1.165) is 19.4 Å². The molecular formula is C14H22N2O2S. The fourth-order valence-electron chi connectivity index (χ4n) is 2.19. The molecule has 0 radical (unpaired) electrons. The van der Waals surface area contributed by atoms with Crippen molar-refractivity contribution in [3.63, 3.8) is 0 Å². The Balaban J connectivity index is 1.77. The average molecular weight is 282 g/mol. The number of rotatable bonds is 8. The maximum atomic E-state index is 11.9. The van der Waals surface area contributed by atoms with Gasteiger partial charge in [0, 0.05) is 18.5 Å². The Morgan fingerprint density at radius 2 is 1.95 bits per heavy atom. The minimum absolute atomic E-state index is 0.0820. The normalized spacial score (nSPS) is 22.4. The molecule has 2 N–H and O–H groups in total. The van der Waals surface area contributed by atoms with Crippen molar-refractivity contribution < 1.29 is 8.42 Å². The van der Waals surface area contributed by atoms with E-state index < -0.39 is 10.0 Å². The molecule has 2 unspecified atom stereocenters. The monoisotopic (exact) mass is 282 g/mol. The standard InChI is InChI=1S/C14H22N2O2S/c1-2-8-15-9-10-19(17,18)16-14-11-13(14)12-6-4-3-5-7-12/h3-7,13-16H,2,8-11H2,1H3. The van der Waals surface area contributed by atoms with E-state index in [9.17, 15) is 8.42 Å². The smallest absolute Gasteiger partial charge is 0.213 e. The van der Waals surface area contributed by atoms with Crippen molar-refractivity contribution in [3.05, 3.63) is 35.9 Å². The fourth-order valence-corrected chi connectivity index (χ4v) is 3.44. The second-order valence-electron chi connectivity index (χ2n) is 5.05. The highest BCUT2D eigenvalue weighted by molar-refractivity contribution is 7.89. The fraction of sp³-hybridized carbons (Fsp3) is 0.571. The predicted molar refractivity (Wildman–Crippen MR) is 77.7 cm³/mol. The lowest BCUT2D eigenvalue weighted by Crippen LogP contribution is -2.34. The minimum Gasteiger partial charge on any atom is -0.316 e. The van der Waals surface area contributed by atoms with E-state index in [0.29, 0.717) is 12.5 Å². The Hall–Kier alpha value is -0.910. The summed E-state index contributed by atoms with van der Waals surface area (Å²) in [5, 5.41) is 3.11. The van der Waals surface area contributed by atoms with E-state index in [1.807, 2.05) is 18.2 Å². The summed E-state index contributed by atoms with van der Waals surface area (Å²) >= 11 is 0. The molecule has 5 heteroatoms. The second kappa shape index (κ2) is 6.50. The third kappa shape index (κ3) is 4.60. The number of hydrogen-bond acceptors (Lipinski definition) is 3. The first-order chi connectivity index (χ1) is 9.12. The van der Waals surface area contributed by atoms with Gasteiger partial charge in [0.2, 0.25) is 10.0 Å². The third-order valence-electron chi connectivity index (χ3n) is 3.32. The summed E-state index contributed by atoms with van der Waals surface area (Å²) in [6.45, 7) is 3.45. The highest BCUT2D eigenvalue weighted by Crippen LogP contribution is 2.40. The molecule has 2 atom stereocenters. The number of hydrogen-bond donors (Lipinski definition) is 2. The maximum absolute atomic E-state index is 11.9. The van der Waals surface area contributed by atoms with E-state index in [2.05, 4.69) is 29.1 Å². The highest BCUT2D eigenvalue weighted by atomic mass is 32.2. The van der Waals surface area contributed by atoms with Gasteiger partial charge in [-0.25, -0.2) is 13.1 Å². The molecule has 1 aromatic rings. The zero-order valence-corrected chi connectivity index (χ0v) is 12.1. The second-order valence-corrected chi connectivity index (χ2v) is 6.92. The summed E-state index contributed by atoms with van der Waals surface area (Å²) in [6.07, 6.45) is 1.93. The lowest BCUT2D eigenvalue weighted by molar-refractivity contribution is 0.574. The van der Waals surface area contributed by atoms with Crippen molar-refractivity contribution in [2.24, 2.45) is 0 Å². The van der Waals surface area contributed by atoms with Gasteiger partial charge in [-0.1, -0.05) is 37.3 Å². The maximum Gasteiger partial charge on any atom is 0.213 e. The van der Waals surface area contributed by atoms with Gasteiger partial charge in [-0.3, -0.25) is 0 Å². The molecule has 2 rings (SSSR count). The lowest BCUT2D eigenvalue weighted by atomic mass is 10.1. The van der Waals surface area contributed by atoms with Gasteiger partial charge in [-0.05, 0) is 24.9 Å². The molecule has 19 heavy (non-hydrogen) atoms. The topological polar surface area (TPSA) is 58.2 Å². The Kier molecular flexibility index (Phi) is 4.96. The van der Waals surface area contributed by atoms with Crippen molar-refractivity contribution in [3.8, 4) is 0 Å². The Bertz CT molecular complexity index is 487. The summed E-state index contributed by atoms with van der Waals surface area (Å²) < 4.78 is 26.5. The molecule has 1 aliphatic carbocycles. The average Bonchev–Trinajstić information content (AvgIpc) is 3.14. The van der Waals surface area contributed by atoms with Crippen LogP contribution in [0.15, 0.2) is 30.3 Å². The molecule has 0 amide bonds. The number of benzene rings is 1. The van der Waals surface area contributed by atoms with Crippen LogP contribution in [-0.2, 0) is 10.0 Å². The summed E-state index contributed by atoms with van der Waals surface area (Å²) in [4.78, 5) is 0. The van der Waals surface area contributed by atoms with Crippen LogP contribution in [0.1, 0.15) is 31.2 Å². The molecule has 0 bridgehead atoms. The predicted octanol–water partition coefficient (Wildman–Crippen LogP) is 1.46. The summed E-state index contributed by atoms with van der Waals surface area (Å²) in [7, 11) is -3.15. The summed E-state index contributed by atoms with van der Waals surface area (Å²) in [5.41, 5.74) is 1.22. The summed E-state index contributed by atoms with van der Waals surface area (Å²) in [6, 6.07) is 10.2. The van der Waals surface area contributed by atoms with Crippen LogP contribution in [0, 0.1) is 0 Å². The van der Waals surface area contributed by atoms with Gasteiger partial charge in [0.15, 0.2) is 0 Å². The van der Waals surface area contributed by atoms with E-state index in [1.165, 1.54) is 5.56 Å². The van der Waals surface area contributed by atoms with Crippen LogP contribution in [0.5, 0.6) is 0 Å². The zero-order valence-electron chi connectivity index (χ0n) is 11.3. The largest absolute Gasteiger partial charge is 0.316 e. The lowest BCUT2D eigenvalue weighted by Gasteiger charge is -2.07. The molecule has 0 heterocycles. The van der Waals surface area contributed by atoms with E-state index in [4.69, 9.17) is 0 Å². The Labute approximate surface area is 115 Å². The van der Waals surface area contributed by atoms with E-state index in [-0.39, 0.29) is 11.8 Å². The number of sulfonamides is 1. The van der Waals surface area contributed by atoms with E-state index >= 15 is 0 Å². The van der Waals surface area contributed by atoms with Gasteiger partial charge in [-0.15, -0.1) is 0 Å². The van der Waals surface area contributed by atoms with Crippen LogP contribution in [-0.4, -0.2) is 33.3 Å². The van der Waals surface area contributed by atoms with Crippen LogP contribution in [0.4, 0.5) is 0 Å². The minimum atomic E-state index is -3.15. The molecule has 1 fully saturated rings. The first-order valence-corrected chi connectivity index (χ1v) is 8.53. The van der Waals surface area contributed by atoms with Gasteiger partial charge < -0.3 is 5.32 Å². The van der Waals surface area contributed by atoms with Crippen molar-refractivity contribution >= 4 is 10.0 Å². The SMILES string of the molecule is CCCNCCS(=O)(=O)NC1CC1c1ccccc1. The van der Waals surface area contributed by atoms with Crippen LogP contribution in [0.25, 0.3) is 0 Å². The summed E-state index contributed by atoms with van der Waals surface area (Å²) in [5.74, 6) is 0.505. The first kappa shape index (κ1) is 14.5. The van der Waals surface area contributed by atoms with Crippen molar-refractivity contribution in [1.82, 2.24) is 10.0 Å². The van der Waals surface area contributed by atoms with Gasteiger partial charge in [-0.2, -0.15) is 0 Å². The third-order valence-corrected chi connectivity index (χ3v) is 4.73. The highest BCUT2D eigenvalue weighted by Gasteiger charge is 2.40. The van der Waals surface area contributed by atoms with Crippen LogP contribution >= 0.6 is 0 Å². The van der Waals surface area contributed by atoms with Crippen molar-refractivity contribution in [2.75, 3.05) is 18.8 Å². The molecule has 1 saturated carbocycles. The first-order valence-electron chi connectivity index (χ1n) is 6.88. The van der Waals surface area contributed by atoms with E-state index in [1.54, 1.807) is 0 Å². The quantitative estimate of drug-likeness (QED) is 0.710. The van der Waals surface area contributed by atoms with Crippen LogP contribution < -0.4 is 10.0 Å². The molecule has 0 spiro atoms.